The van der Waals surface area contributed by atoms with Crippen LogP contribution in [-0.2, 0) is 4.79 Å². The van der Waals surface area contributed by atoms with Gasteiger partial charge in [-0.25, -0.2) is 4.39 Å². The minimum Gasteiger partial charge on any atom is -0.311 e. The number of benzene rings is 1. The normalized spacial score (nSPS) is 25.8. The number of nitrogens with one attached hydrogen (secondary N) is 1. The van der Waals surface area contributed by atoms with Gasteiger partial charge in [0.2, 0.25) is 5.91 Å². The molecule has 1 saturated heterocycles. The molecular weight excluding hydrogens is 219 g/mol. The van der Waals surface area contributed by atoms with Crippen LogP contribution in [0.5, 0.6) is 0 Å². The van der Waals surface area contributed by atoms with Crippen molar-refractivity contribution in [2.45, 2.75) is 19.9 Å². The zero-order chi connectivity index (χ0) is 12.4. The van der Waals surface area contributed by atoms with E-state index in [9.17, 15) is 9.18 Å². The van der Waals surface area contributed by atoms with Crippen LogP contribution in [0, 0.1) is 11.7 Å². The minimum absolute atomic E-state index is 0.0000463. The number of hydrogen-bond acceptors (Lipinski definition) is 2. The first-order chi connectivity index (χ1) is 8.08. The summed E-state index contributed by atoms with van der Waals surface area (Å²) in [4.78, 5) is 13.8. The zero-order valence-corrected chi connectivity index (χ0v) is 10.1. The summed E-state index contributed by atoms with van der Waals surface area (Å²) in [5.74, 6) is 0.0416. The Morgan fingerprint density at radius 1 is 1.41 bits per heavy atom. The molecule has 1 aromatic rings. The lowest BCUT2D eigenvalue weighted by Gasteiger charge is -2.24. The maximum absolute atomic E-state index is 13.2. The van der Waals surface area contributed by atoms with Gasteiger partial charge >= 0.3 is 0 Å². The Hall–Kier alpha value is -1.42. The van der Waals surface area contributed by atoms with Crippen LogP contribution in [0.3, 0.4) is 0 Å². The van der Waals surface area contributed by atoms with E-state index < -0.39 is 0 Å². The van der Waals surface area contributed by atoms with Crippen molar-refractivity contribution in [3.63, 3.8) is 0 Å². The van der Waals surface area contributed by atoms with Gasteiger partial charge in [0.15, 0.2) is 0 Å². The summed E-state index contributed by atoms with van der Waals surface area (Å²) in [7, 11) is 0. The van der Waals surface area contributed by atoms with Crippen LogP contribution in [-0.4, -0.2) is 25.0 Å². The Bertz CT molecular complexity index is 422. The molecule has 0 saturated carbocycles. The lowest BCUT2D eigenvalue weighted by Crippen LogP contribution is -2.41. The van der Waals surface area contributed by atoms with E-state index in [1.54, 1.807) is 17.0 Å². The topological polar surface area (TPSA) is 32.3 Å². The second-order valence-electron chi connectivity index (χ2n) is 4.66. The highest BCUT2D eigenvalue weighted by Gasteiger charge is 2.27. The highest BCUT2D eigenvalue weighted by atomic mass is 19.1. The van der Waals surface area contributed by atoms with Crippen LogP contribution in [0.25, 0.3) is 0 Å². The van der Waals surface area contributed by atoms with Gasteiger partial charge in [-0.05, 0) is 31.0 Å². The number of amides is 1. The molecule has 1 fully saturated rings. The summed E-state index contributed by atoms with van der Waals surface area (Å²) in [5, 5.41) is 3.17. The van der Waals surface area contributed by atoms with Gasteiger partial charge in [-0.3, -0.25) is 4.79 Å². The molecule has 17 heavy (non-hydrogen) atoms. The molecule has 92 valence electrons. The quantitative estimate of drug-likeness (QED) is 0.806. The number of carbonyl (C=O) groups is 1. The Balaban J connectivity index is 2.31. The highest BCUT2D eigenvalue weighted by molar-refractivity contribution is 5.97. The number of hydrogen-bond donors (Lipinski definition) is 1. The van der Waals surface area contributed by atoms with Gasteiger partial charge in [0.25, 0.3) is 0 Å². The first-order valence-electron chi connectivity index (χ1n) is 5.88. The Morgan fingerprint density at radius 3 is 2.88 bits per heavy atom. The Morgan fingerprint density at radius 2 is 2.18 bits per heavy atom. The third-order valence-corrected chi connectivity index (χ3v) is 3.02. The van der Waals surface area contributed by atoms with Crippen molar-refractivity contribution in [3.05, 3.63) is 30.1 Å². The summed E-state index contributed by atoms with van der Waals surface area (Å²) in [5.41, 5.74) is 0.636. The maximum atomic E-state index is 13.2. The lowest BCUT2D eigenvalue weighted by atomic mass is 10.1. The van der Waals surface area contributed by atoms with E-state index in [2.05, 4.69) is 12.2 Å². The molecule has 1 aromatic carbocycles. The molecule has 1 aliphatic heterocycles. The fraction of sp³-hybridized carbons (Fsp3) is 0.462. The van der Waals surface area contributed by atoms with Crippen molar-refractivity contribution in [2.75, 3.05) is 18.0 Å². The van der Waals surface area contributed by atoms with Crippen molar-refractivity contribution in [1.82, 2.24) is 5.32 Å². The van der Waals surface area contributed by atoms with Crippen LogP contribution in [0.15, 0.2) is 24.3 Å². The lowest BCUT2D eigenvalue weighted by molar-refractivity contribution is -0.119. The molecule has 4 heteroatoms. The van der Waals surface area contributed by atoms with Crippen molar-refractivity contribution < 1.29 is 9.18 Å². The molecule has 2 rings (SSSR count). The highest BCUT2D eigenvalue weighted by Crippen LogP contribution is 2.19. The van der Waals surface area contributed by atoms with Crippen LogP contribution < -0.4 is 10.2 Å². The molecule has 3 nitrogen and oxygen atoms in total. The maximum Gasteiger partial charge on any atom is 0.243 e. The monoisotopic (exact) mass is 236 g/mol. The number of rotatable bonds is 1. The minimum atomic E-state index is -0.312. The molecule has 0 radical (unpaired) electrons. The van der Waals surface area contributed by atoms with E-state index in [0.29, 0.717) is 18.2 Å². The third-order valence-electron chi connectivity index (χ3n) is 3.02. The predicted octanol–water partition coefficient (Wildman–Crippen LogP) is 1.79. The summed E-state index contributed by atoms with van der Waals surface area (Å²) in [6.45, 7) is 5.34. The van der Waals surface area contributed by atoms with Crippen molar-refractivity contribution >= 4 is 11.6 Å². The van der Waals surface area contributed by atoms with Crippen molar-refractivity contribution in [2.24, 2.45) is 5.92 Å². The fourth-order valence-corrected chi connectivity index (χ4v) is 2.04. The standard InChI is InChI=1S/C13H17FN2O/c1-9-7-15-10(2)13(17)16(8-9)12-5-3-4-11(14)6-12/h3-6,9-10,15H,7-8H2,1-2H3. The summed E-state index contributed by atoms with van der Waals surface area (Å²) in [6.07, 6.45) is 0. The predicted molar refractivity (Wildman–Crippen MR) is 65.4 cm³/mol. The number of carbonyl (C=O) groups excluding carboxylic acids is 1. The van der Waals surface area contributed by atoms with Crippen LogP contribution in [0.4, 0.5) is 10.1 Å². The van der Waals surface area contributed by atoms with E-state index in [1.807, 2.05) is 6.92 Å². The van der Waals surface area contributed by atoms with Gasteiger partial charge in [0, 0.05) is 18.8 Å². The fourth-order valence-electron chi connectivity index (χ4n) is 2.04. The van der Waals surface area contributed by atoms with E-state index in [0.717, 1.165) is 6.54 Å². The second kappa shape index (κ2) is 4.84. The first-order valence-corrected chi connectivity index (χ1v) is 5.88. The smallest absolute Gasteiger partial charge is 0.243 e. The zero-order valence-electron chi connectivity index (χ0n) is 10.1. The molecule has 2 atom stereocenters. The average molecular weight is 236 g/mol. The van der Waals surface area contributed by atoms with Gasteiger partial charge in [0.1, 0.15) is 5.82 Å². The molecule has 1 N–H and O–H groups in total. The summed E-state index contributed by atoms with van der Waals surface area (Å²) >= 11 is 0. The molecule has 1 amide bonds. The summed E-state index contributed by atoms with van der Waals surface area (Å²) in [6, 6.07) is 5.97. The number of anilines is 1. The van der Waals surface area contributed by atoms with E-state index in [1.165, 1.54) is 12.1 Å². The van der Waals surface area contributed by atoms with Crippen LogP contribution in [0.2, 0.25) is 0 Å². The van der Waals surface area contributed by atoms with Gasteiger partial charge in [-0.15, -0.1) is 0 Å². The molecule has 0 aromatic heterocycles. The molecule has 2 unspecified atom stereocenters. The van der Waals surface area contributed by atoms with Gasteiger partial charge in [-0.2, -0.15) is 0 Å². The molecule has 0 bridgehead atoms. The van der Waals surface area contributed by atoms with Crippen molar-refractivity contribution in [3.8, 4) is 0 Å². The van der Waals surface area contributed by atoms with Crippen molar-refractivity contribution in [1.29, 1.82) is 0 Å². The average Bonchev–Trinajstić information content (AvgIpc) is 2.43. The molecule has 0 aliphatic carbocycles. The van der Waals surface area contributed by atoms with E-state index in [-0.39, 0.29) is 17.8 Å². The van der Waals surface area contributed by atoms with E-state index >= 15 is 0 Å². The van der Waals surface area contributed by atoms with Crippen LogP contribution >= 0.6 is 0 Å². The summed E-state index contributed by atoms with van der Waals surface area (Å²) < 4.78 is 13.2. The van der Waals surface area contributed by atoms with Gasteiger partial charge < -0.3 is 10.2 Å². The Kier molecular flexibility index (Phi) is 3.43. The van der Waals surface area contributed by atoms with Crippen LogP contribution in [0.1, 0.15) is 13.8 Å². The third kappa shape index (κ3) is 2.64. The molecular formula is C13H17FN2O. The van der Waals surface area contributed by atoms with Gasteiger partial charge in [-0.1, -0.05) is 13.0 Å². The van der Waals surface area contributed by atoms with Gasteiger partial charge in [0.05, 0.1) is 6.04 Å². The second-order valence-corrected chi connectivity index (χ2v) is 4.66. The Labute approximate surface area is 101 Å². The SMILES string of the molecule is CC1CNC(C)C(=O)N(c2cccc(F)c2)C1. The largest absolute Gasteiger partial charge is 0.311 e. The molecule has 1 heterocycles. The molecule has 0 spiro atoms. The molecule has 1 aliphatic rings. The first kappa shape index (κ1) is 12.0. The number of nitrogens with zero attached hydrogens (tertiary/aromatic N) is 1. The van der Waals surface area contributed by atoms with E-state index in [4.69, 9.17) is 0 Å². The number of halogens is 1.